The SMILES string of the molecule is Cc1noc([C@@H](C)S(=O)(=O)Cc2noc(C(C)(C)C)n2)n1. The first-order valence-corrected chi connectivity index (χ1v) is 8.16. The summed E-state index contributed by atoms with van der Waals surface area (Å²) in [5, 5.41) is 6.39. The molecule has 0 radical (unpaired) electrons. The van der Waals surface area contributed by atoms with Gasteiger partial charge in [-0.05, 0) is 13.8 Å². The van der Waals surface area contributed by atoms with Crippen LogP contribution in [0.15, 0.2) is 9.05 Å². The van der Waals surface area contributed by atoms with E-state index >= 15 is 0 Å². The number of aromatic nitrogens is 4. The largest absolute Gasteiger partial charge is 0.339 e. The molecule has 0 aliphatic heterocycles. The van der Waals surface area contributed by atoms with E-state index in [-0.39, 0.29) is 22.9 Å². The molecule has 0 saturated carbocycles. The molecule has 2 aromatic heterocycles. The molecule has 0 aliphatic rings. The number of rotatable bonds is 4. The average Bonchev–Trinajstić information content (AvgIpc) is 2.96. The Bertz CT molecular complexity index is 727. The van der Waals surface area contributed by atoms with Crippen molar-refractivity contribution in [3.05, 3.63) is 23.4 Å². The molecule has 0 N–H and O–H groups in total. The van der Waals surface area contributed by atoms with Crippen molar-refractivity contribution in [3.8, 4) is 0 Å². The van der Waals surface area contributed by atoms with Gasteiger partial charge in [0.2, 0.25) is 11.8 Å². The molecule has 21 heavy (non-hydrogen) atoms. The van der Waals surface area contributed by atoms with E-state index in [0.717, 1.165) is 0 Å². The van der Waals surface area contributed by atoms with Crippen LogP contribution in [0.25, 0.3) is 0 Å². The summed E-state index contributed by atoms with van der Waals surface area (Å²) in [7, 11) is -3.57. The first kappa shape index (κ1) is 15.6. The van der Waals surface area contributed by atoms with Crippen molar-refractivity contribution in [2.75, 3.05) is 0 Å². The van der Waals surface area contributed by atoms with Gasteiger partial charge in [-0.15, -0.1) is 0 Å². The van der Waals surface area contributed by atoms with E-state index in [1.807, 2.05) is 20.8 Å². The molecular formula is C12H18N4O4S. The first-order chi connectivity index (χ1) is 9.59. The lowest BCUT2D eigenvalue weighted by atomic mass is 9.97. The van der Waals surface area contributed by atoms with Crippen molar-refractivity contribution >= 4 is 9.84 Å². The van der Waals surface area contributed by atoms with Gasteiger partial charge in [-0.1, -0.05) is 31.1 Å². The summed E-state index contributed by atoms with van der Waals surface area (Å²) in [4.78, 5) is 8.07. The predicted octanol–water partition coefficient (Wildman–Crippen LogP) is 1.73. The van der Waals surface area contributed by atoms with Gasteiger partial charge in [0, 0.05) is 5.41 Å². The molecule has 0 unspecified atom stereocenters. The number of hydrogen-bond donors (Lipinski definition) is 0. The van der Waals surface area contributed by atoms with Gasteiger partial charge in [-0.25, -0.2) is 8.42 Å². The van der Waals surface area contributed by atoms with Gasteiger partial charge < -0.3 is 9.05 Å². The molecule has 0 bridgehead atoms. The van der Waals surface area contributed by atoms with E-state index in [2.05, 4.69) is 20.3 Å². The Balaban J connectivity index is 2.19. The Morgan fingerprint density at radius 2 is 1.81 bits per heavy atom. The van der Waals surface area contributed by atoms with E-state index in [1.165, 1.54) is 6.92 Å². The number of nitrogens with zero attached hydrogens (tertiary/aromatic N) is 4. The van der Waals surface area contributed by atoms with Gasteiger partial charge in [-0.2, -0.15) is 9.97 Å². The second-order valence-electron chi connectivity index (χ2n) is 5.90. The third-order valence-corrected chi connectivity index (χ3v) is 4.81. The molecule has 2 rings (SSSR count). The molecule has 0 saturated heterocycles. The fraction of sp³-hybridized carbons (Fsp3) is 0.667. The average molecular weight is 314 g/mol. The molecule has 0 amide bonds. The topological polar surface area (TPSA) is 112 Å². The minimum Gasteiger partial charge on any atom is -0.339 e. The molecule has 0 aliphatic carbocycles. The molecule has 9 heteroatoms. The highest BCUT2D eigenvalue weighted by Gasteiger charge is 2.31. The number of aryl methyl sites for hydroxylation is 1. The van der Waals surface area contributed by atoms with E-state index in [4.69, 9.17) is 9.05 Å². The lowest BCUT2D eigenvalue weighted by Crippen LogP contribution is -2.15. The summed E-state index contributed by atoms with van der Waals surface area (Å²) in [6.45, 7) is 8.84. The molecule has 0 aromatic carbocycles. The summed E-state index contributed by atoms with van der Waals surface area (Å²) < 4.78 is 34.6. The molecular weight excluding hydrogens is 296 g/mol. The smallest absolute Gasteiger partial charge is 0.244 e. The Morgan fingerprint density at radius 1 is 1.14 bits per heavy atom. The Morgan fingerprint density at radius 3 is 2.29 bits per heavy atom. The van der Waals surface area contributed by atoms with Crippen molar-refractivity contribution in [1.82, 2.24) is 20.3 Å². The van der Waals surface area contributed by atoms with E-state index < -0.39 is 15.1 Å². The third-order valence-electron chi connectivity index (χ3n) is 2.87. The monoisotopic (exact) mass is 314 g/mol. The lowest BCUT2D eigenvalue weighted by Gasteiger charge is -2.10. The third kappa shape index (κ3) is 3.46. The van der Waals surface area contributed by atoms with Gasteiger partial charge in [0.1, 0.15) is 11.0 Å². The second kappa shape index (κ2) is 5.21. The number of hydrogen-bond acceptors (Lipinski definition) is 8. The van der Waals surface area contributed by atoms with Crippen molar-refractivity contribution in [2.45, 2.75) is 51.0 Å². The van der Waals surface area contributed by atoms with E-state index in [0.29, 0.717) is 11.7 Å². The minimum atomic E-state index is -3.57. The predicted molar refractivity (Wildman–Crippen MR) is 73.1 cm³/mol. The Labute approximate surface area is 122 Å². The maximum atomic E-state index is 12.3. The fourth-order valence-corrected chi connectivity index (χ4v) is 2.68. The quantitative estimate of drug-likeness (QED) is 0.838. The van der Waals surface area contributed by atoms with Crippen LogP contribution >= 0.6 is 0 Å². The van der Waals surface area contributed by atoms with Gasteiger partial charge in [-0.3, -0.25) is 0 Å². The highest BCUT2D eigenvalue weighted by molar-refractivity contribution is 7.90. The standard InChI is InChI=1S/C12H18N4O4S/c1-7(10-13-8(2)15-19-10)21(17,18)6-9-14-11(20-16-9)12(3,4)5/h7H,6H2,1-5H3/t7-/m1/s1. The van der Waals surface area contributed by atoms with Crippen LogP contribution < -0.4 is 0 Å². The fourth-order valence-electron chi connectivity index (χ4n) is 1.55. The summed E-state index contributed by atoms with van der Waals surface area (Å²) >= 11 is 0. The Kier molecular flexibility index (Phi) is 3.87. The van der Waals surface area contributed by atoms with Crippen molar-refractivity contribution in [3.63, 3.8) is 0 Å². The molecule has 116 valence electrons. The summed E-state index contributed by atoms with van der Waals surface area (Å²) in [6.07, 6.45) is 0. The normalized spacial score (nSPS) is 14.3. The van der Waals surface area contributed by atoms with Crippen LogP contribution in [-0.2, 0) is 21.0 Å². The van der Waals surface area contributed by atoms with Gasteiger partial charge in [0.25, 0.3) is 0 Å². The van der Waals surface area contributed by atoms with Crippen LogP contribution in [0.2, 0.25) is 0 Å². The highest BCUT2D eigenvalue weighted by Crippen LogP contribution is 2.25. The van der Waals surface area contributed by atoms with E-state index in [9.17, 15) is 8.42 Å². The zero-order valence-electron chi connectivity index (χ0n) is 12.6. The van der Waals surface area contributed by atoms with E-state index in [1.54, 1.807) is 6.92 Å². The number of sulfone groups is 1. The Hall–Kier alpha value is -1.77. The minimum absolute atomic E-state index is 0.0621. The zero-order chi connectivity index (χ0) is 15.8. The highest BCUT2D eigenvalue weighted by atomic mass is 32.2. The molecule has 2 aromatic rings. The van der Waals surface area contributed by atoms with Crippen molar-refractivity contribution in [1.29, 1.82) is 0 Å². The van der Waals surface area contributed by atoms with Crippen LogP contribution in [0, 0.1) is 6.92 Å². The zero-order valence-corrected chi connectivity index (χ0v) is 13.4. The molecule has 8 nitrogen and oxygen atoms in total. The second-order valence-corrected chi connectivity index (χ2v) is 8.22. The summed E-state index contributed by atoms with van der Waals surface area (Å²) in [6, 6.07) is 0. The van der Waals surface area contributed by atoms with Crippen LogP contribution in [0.1, 0.15) is 56.4 Å². The van der Waals surface area contributed by atoms with Crippen LogP contribution in [-0.4, -0.2) is 28.7 Å². The molecule has 1 atom stereocenters. The van der Waals surface area contributed by atoms with Crippen LogP contribution in [0.5, 0.6) is 0 Å². The van der Waals surface area contributed by atoms with Crippen LogP contribution in [0.3, 0.4) is 0 Å². The maximum absolute atomic E-state index is 12.3. The lowest BCUT2D eigenvalue weighted by molar-refractivity contribution is 0.318. The molecule has 0 spiro atoms. The van der Waals surface area contributed by atoms with Gasteiger partial charge in [0.05, 0.1) is 0 Å². The summed E-state index contributed by atoms with van der Waals surface area (Å²) in [5.41, 5.74) is -0.329. The first-order valence-electron chi connectivity index (χ1n) is 6.44. The molecule has 0 fully saturated rings. The van der Waals surface area contributed by atoms with Crippen LogP contribution in [0.4, 0.5) is 0 Å². The van der Waals surface area contributed by atoms with Crippen molar-refractivity contribution in [2.24, 2.45) is 0 Å². The van der Waals surface area contributed by atoms with Gasteiger partial charge in [0.15, 0.2) is 21.5 Å². The summed E-state index contributed by atoms with van der Waals surface area (Å²) in [5.74, 6) is 0.639. The van der Waals surface area contributed by atoms with Gasteiger partial charge >= 0.3 is 0 Å². The van der Waals surface area contributed by atoms with Crippen molar-refractivity contribution < 1.29 is 17.5 Å². The maximum Gasteiger partial charge on any atom is 0.244 e. The molecule has 2 heterocycles.